The summed E-state index contributed by atoms with van der Waals surface area (Å²) in [5.41, 5.74) is 0. The molecule has 16 heavy (non-hydrogen) atoms. The first-order valence-electron chi connectivity index (χ1n) is 5.88. The van der Waals surface area contributed by atoms with E-state index in [-0.39, 0.29) is 6.10 Å². The van der Waals surface area contributed by atoms with Crippen molar-refractivity contribution in [3.05, 3.63) is 22.4 Å². The lowest BCUT2D eigenvalue weighted by Crippen LogP contribution is -2.38. The Hall–Kier alpha value is -0.420. The summed E-state index contributed by atoms with van der Waals surface area (Å²) in [6.45, 7) is 2.44. The Kier molecular flexibility index (Phi) is 4.35. The fraction of sp³-hybridized carbons (Fsp3) is 0.667. The van der Waals surface area contributed by atoms with Crippen molar-refractivity contribution in [3.8, 4) is 0 Å². The van der Waals surface area contributed by atoms with E-state index in [1.54, 1.807) is 11.3 Å². The highest BCUT2D eigenvalue weighted by Gasteiger charge is 2.30. The second-order valence-electron chi connectivity index (χ2n) is 4.45. The van der Waals surface area contributed by atoms with Gasteiger partial charge >= 0.3 is 0 Å². The summed E-state index contributed by atoms with van der Waals surface area (Å²) in [4.78, 5) is 3.80. The Labute approximate surface area is 101 Å². The van der Waals surface area contributed by atoms with Crippen LogP contribution in [0.15, 0.2) is 17.5 Å². The number of likely N-dealkylation sites (N-methyl/N-ethyl adjacent to an activating group) is 1. The third-order valence-electron chi connectivity index (χ3n) is 2.89. The second-order valence-corrected chi connectivity index (χ2v) is 5.48. The van der Waals surface area contributed by atoms with Crippen molar-refractivity contribution in [2.75, 3.05) is 20.1 Å². The molecule has 0 saturated heterocycles. The van der Waals surface area contributed by atoms with Crippen molar-refractivity contribution in [3.63, 3.8) is 0 Å². The van der Waals surface area contributed by atoms with Crippen molar-refractivity contribution in [1.29, 1.82) is 0 Å². The van der Waals surface area contributed by atoms with Crippen LogP contribution in [0.1, 0.15) is 17.7 Å². The highest BCUT2D eigenvalue weighted by atomic mass is 32.1. The van der Waals surface area contributed by atoms with Gasteiger partial charge in [0.1, 0.15) is 0 Å². The summed E-state index contributed by atoms with van der Waals surface area (Å²) in [6, 6.07) is 4.97. The first-order valence-corrected chi connectivity index (χ1v) is 6.76. The van der Waals surface area contributed by atoms with Gasteiger partial charge in [0, 0.05) is 30.6 Å². The van der Waals surface area contributed by atoms with Crippen LogP contribution in [-0.2, 0) is 6.54 Å². The van der Waals surface area contributed by atoms with E-state index in [1.165, 1.54) is 17.7 Å². The minimum Gasteiger partial charge on any atom is -0.390 e. The van der Waals surface area contributed by atoms with Gasteiger partial charge < -0.3 is 10.4 Å². The molecule has 0 amide bonds. The molecular formula is C12H20N2OS. The van der Waals surface area contributed by atoms with Gasteiger partial charge in [0.2, 0.25) is 0 Å². The van der Waals surface area contributed by atoms with E-state index in [4.69, 9.17) is 0 Å². The molecule has 2 rings (SSSR count). The lowest BCUT2D eigenvalue weighted by atomic mass is 10.3. The van der Waals surface area contributed by atoms with E-state index < -0.39 is 0 Å². The Balaban J connectivity index is 1.85. The fourth-order valence-corrected chi connectivity index (χ4v) is 2.69. The van der Waals surface area contributed by atoms with Gasteiger partial charge in [-0.05, 0) is 31.3 Å². The number of hydrogen-bond acceptors (Lipinski definition) is 4. The monoisotopic (exact) mass is 240 g/mol. The van der Waals surface area contributed by atoms with Crippen molar-refractivity contribution in [2.24, 2.45) is 0 Å². The number of hydrogen-bond donors (Lipinski definition) is 2. The summed E-state index contributed by atoms with van der Waals surface area (Å²) in [6.07, 6.45) is 2.32. The molecule has 1 saturated carbocycles. The molecule has 4 heteroatoms. The van der Waals surface area contributed by atoms with Gasteiger partial charge in [-0.15, -0.1) is 11.3 Å². The van der Waals surface area contributed by atoms with E-state index in [0.717, 1.165) is 13.1 Å². The lowest BCUT2D eigenvalue weighted by Gasteiger charge is -2.24. The van der Waals surface area contributed by atoms with Gasteiger partial charge in [0.05, 0.1) is 6.10 Å². The molecular weight excluding hydrogens is 220 g/mol. The highest BCUT2D eigenvalue weighted by Crippen LogP contribution is 2.29. The SMILES string of the molecule is CNCC(O)CN(Cc1cccs1)C1CC1. The van der Waals surface area contributed by atoms with Crippen molar-refractivity contribution < 1.29 is 5.11 Å². The molecule has 1 fully saturated rings. The number of thiophene rings is 1. The van der Waals surface area contributed by atoms with Crippen molar-refractivity contribution in [2.45, 2.75) is 31.5 Å². The third-order valence-corrected chi connectivity index (χ3v) is 3.75. The maximum atomic E-state index is 9.82. The zero-order chi connectivity index (χ0) is 11.4. The summed E-state index contributed by atoms with van der Waals surface area (Å²) in [5, 5.41) is 15.0. The molecule has 3 nitrogen and oxygen atoms in total. The summed E-state index contributed by atoms with van der Waals surface area (Å²) >= 11 is 1.80. The molecule has 0 bridgehead atoms. The minimum absolute atomic E-state index is 0.259. The van der Waals surface area contributed by atoms with Crippen molar-refractivity contribution >= 4 is 11.3 Å². The third kappa shape index (κ3) is 3.56. The second kappa shape index (κ2) is 5.77. The molecule has 1 aliphatic rings. The van der Waals surface area contributed by atoms with Gasteiger partial charge in [0.25, 0.3) is 0 Å². The van der Waals surface area contributed by atoms with Gasteiger partial charge in [0.15, 0.2) is 0 Å². The van der Waals surface area contributed by atoms with E-state index >= 15 is 0 Å². The quantitative estimate of drug-likeness (QED) is 0.754. The lowest BCUT2D eigenvalue weighted by molar-refractivity contribution is 0.105. The maximum absolute atomic E-state index is 9.82. The number of nitrogens with zero attached hydrogens (tertiary/aromatic N) is 1. The summed E-state index contributed by atoms with van der Waals surface area (Å²) in [7, 11) is 1.88. The van der Waals surface area contributed by atoms with Gasteiger partial charge in [-0.2, -0.15) is 0 Å². The van der Waals surface area contributed by atoms with E-state index in [1.807, 2.05) is 7.05 Å². The Morgan fingerprint density at radius 1 is 1.62 bits per heavy atom. The zero-order valence-corrected chi connectivity index (χ0v) is 10.5. The number of rotatable bonds is 7. The van der Waals surface area contributed by atoms with Gasteiger partial charge in [-0.3, -0.25) is 4.90 Å². The van der Waals surface area contributed by atoms with Gasteiger partial charge in [-0.1, -0.05) is 6.07 Å². The number of aliphatic hydroxyl groups is 1. The average Bonchev–Trinajstić information content (AvgIpc) is 2.98. The molecule has 1 aromatic rings. The summed E-state index contributed by atoms with van der Waals surface area (Å²) in [5.74, 6) is 0. The first-order chi connectivity index (χ1) is 7.79. The zero-order valence-electron chi connectivity index (χ0n) is 9.72. The van der Waals surface area contributed by atoms with Crippen LogP contribution >= 0.6 is 11.3 Å². The topological polar surface area (TPSA) is 35.5 Å². The number of aliphatic hydroxyl groups excluding tert-OH is 1. The first kappa shape index (κ1) is 12.0. The van der Waals surface area contributed by atoms with E-state index in [9.17, 15) is 5.11 Å². The van der Waals surface area contributed by atoms with Crippen LogP contribution in [0.2, 0.25) is 0 Å². The largest absolute Gasteiger partial charge is 0.390 e. The molecule has 0 aliphatic heterocycles. The molecule has 1 atom stereocenters. The smallest absolute Gasteiger partial charge is 0.0791 e. The number of nitrogens with one attached hydrogen (secondary N) is 1. The minimum atomic E-state index is -0.259. The van der Waals surface area contributed by atoms with Crippen LogP contribution < -0.4 is 5.32 Å². The Morgan fingerprint density at radius 2 is 2.44 bits per heavy atom. The average molecular weight is 240 g/mol. The molecule has 1 heterocycles. The van der Waals surface area contributed by atoms with Gasteiger partial charge in [-0.25, -0.2) is 0 Å². The van der Waals surface area contributed by atoms with E-state index in [0.29, 0.717) is 12.6 Å². The standard InChI is InChI=1S/C12H20N2OS/c1-13-7-11(15)8-14(10-4-5-10)9-12-3-2-6-16-12/h2-3,6,10-11,13,15H,4-5,7-9H2,1H3. The predicted molar refractivity (Wildman–Crippen MR) is 67.7 cm³/mol. The molecule has 1 aromatic heterocycles. The molecule has 90 valence electrons. The molecule has 1 unspecified atom stereocenters. The molecule has 0 aromatic carbocycles. The Bertz CT molecular complexity index is 298. The van der Waals surface area contributed by atoms with Crippen LogP contribution in [0, 0.1) is 0 Å². The van der Waals surface area contributed by atoms with Crippen LogP contribution in [0.5, 0.6) is 0 Å². The molecule has 0 radical (unpaired) electrons. The van der Waals surface area contributed by atoms with Crippen LogP contribution in [0.25, 0.3) is 0 Å². The molecule has 0 spiro atoms. The summed E-state index contributed by atoms with van der Waals surface area (Å²) < 4.78 is 0. The molecule has 1 aliphatic carbocycles. The predicted octanol–water partition coefficient (Wildman–Crippen LogP) is 1.29. The van der Waals surface area contributed by atoms with Crippen LogP contribution in [-0.4, -0.2) is 42.3 Å². The van der Waals surface area contributed by atoms with Crippen LogP contribution in [0.4, 0.5) is 0 Å². The maximum Gasteiger partial charge on any atom is 0.0791 e. The normalized spacial score (nSPS) is 17.9. The van der Waals surface area contributed by atoms with E-state index in [2.05, 4.69) is 27.7 Å². The highest BCUT2D eigenvalue weighted by molar-refractivity contribution is 7.09. The van der Waals surface area contributed by atoms with Crippen molar-refractivity contribution in [1.82, 2.24) is 10.2 Å². The van der Waals surface area contributed by atoms with Crippen LogP contribution in [0.3, 0.4) is 0 Å². The fourth-order valence-electron chi connectivity index (χ4n) is 1.96. The molecule has 2 N–H and O–H groups in total. The Morgan fingerprint density at radius 3 is 3.00 bits per heavy atom.